The molecule has 2 saturated heterocycles. The van der Waals surface area contributed by atoms with E-state index >= 15 is 0 Å². The zero-order valence-corrected chi connectivity index (χ0v) is 16.7. The normalized spacial score (nSPS) is 17.8. The molecule has 2 aliphatic heterocycles. The van der Waals surface area contributed by atoms with Gasteiger partial charge < -0.3 is 24.2 Å². The minimum Gasteiger partial charge on any atom is -0.450 e. The van der Waals surface area contributed by atoms with Gasteiger partial charge in [0.2, 0.25) is 0 Å². The van der Waals surface area contributed by atoms with E-state index in [0.29, 0.717) is 38.3 Å². The van der Waals surface area contributed by atoms with Crippen LogP contribution in [-0.2, 0) is 9.47 Å². The summed E-state index contributed by atoms with van der Waals surface area (Å²) in [4.78, 5) is 35.1. The molecular formula is C19H24N4O4S. The minimum atomic E-state index is -0.309. The zero-order chi connectivity index (χ0) is 19.5. The Labute approximate surface area is 167 Å². The van der Waals surface area contributed by atoms with E-state index in [9.17, 15) is 9.59 Å². The van der Waals surface area contributed by atoms with Gasteiger partial charge in [0.05, 0.1) is 30.0 Å². The summed E-state index contributed by atoms with van der Waals surface area (Å²) in [5.41, 5.74) is 1.57. The fraction of sp³-hybridized carbons (Fsp3) is 0.526. The van der Waals surface area contributed by atoms with Gasteiger partial charge in [-0.2, -0.15) is 0 Å². The Hall–Kier alpha value is -2.39. The fourth-order valence-corrected chi connectivity index (χ4v) is 4.48. The van der Waals surface area contributed by atoms with Crippen molar-refractivity contribution in [3.63, 3.8) is 0 Å². The van der Waals surface area contributed by atoms with Crippen molar-refractivity contribution in [1.29, 1.82) is 0 Å². The SMILES string of the molecule is CCOC(=O)N1CCN(C(=O)c2ccc3nc(N4CCOCC4)sc3c2)CC1. The highest BCUT2D eigenvalue weighted by molar-refractivity contribution is 7.22. The average Bonchev–Trinajstić information content (AvgIpc) is 3.17. The third-order valence-corrected chi connectivity index (χ3v) is 6.08. The number of amides is 2. The first-order chi connectivity index (χ1) is 13.7. The lowest BCUT2D eigenvalue weighted by Crippen LogP contribution is -2.50. The molecule has 3 heterocycles. The van der Waals surface area contributed by atoms with E-state index in [0.717, 1.165) is 41.7 Å². The van der Waals surface area contributed by atoms with Crippen molar-refractivity contribution in [1.82, 2.24) is 14.8 Å². The Bertz CT molecular complexity index is 857. The van der Waals surface area contributed by atoms with Gasteiger partial charge in [-0.1, -0.05) is 11.3 Å². The molecule has 0 atom stereocenters. The number of hydrogen-bond acceptors (Lipinski definition) is 7. The predicted octanol–water partition coefficient (Wildman–Crippen LogP) is 2.05. The number of nitrogens with zero attached hydrogens (tertiary/aromatic N) is 4. The van der Waals surface area contributed by atoms with E-state index in [-0.39, 0.29) is 12.0 Å². The Kier molecular flexibility index (Phi) is 5.63. The van der Waals surface area contributed by atoms with Crippen LogP contribution in [0.2, 0.25) is 0 Å². The van der Waals surface area contributed by atoms with E-state index in [1.165, 1.54) is 0 Å². The van der Waals surface area contributed by atoms with Crippen LogP contribution >= 0.6 is 11.3 Å². The number of ether oxygens (including phenoxy) is 2. The topological polar surface area (TPSA) is 75.2 Å². The summed E-state index contributed by atoms with van der Waals surface area (Å²) in [6, 6.07) is 5.68. The molecule has 9 heteroatoms. The van der Waals surface area contributed by atoms with Crippen LogP contribution in [0.5, 0.6) is 0 Å². The van der Waals surface area contributed by atoms with Crippen molar-refractivity contribution in [3.05, 3.63) is 23.8 Å². The van der Waals surface area contributed by atoms with Gasteiger partial charge in [0, 0.05) is 44.8 Å². The summed E-state index contributed by atoms with van der Waals surface area (Å²) in [7, 11) is 0. The van der Waals surface area contributed by atoms with Gasteiger partial charge in [0.15, 0.2) is 5.13 Å². The smallest absolute Gasteiger partial charge is 0.409 e. The molecule has 0 radical (unpaired) electrons. The van der Waals surface area contributed by atoms with Gasteiger partial charge in [0.25, 0.3) is 5.91 Å². The Morgan fingerprint density at radius 1 is 1.11 bits per heavy atom. The van der Waals surface area contributed by atoms with Crippen LogP contribution in [0.15, 0.2) is 18.2 Å². The van der Waals surface area contributed by atoms with Crippen LogP contribution in [0.4, 0.5) is 9.93 Å². The second kappa shape index (κ2) is 8.32. The maximum atomic E-state index is 12.9. The second-order valence-electron chi connectivity index (χ2n) is 6.76. The van der Waals surface area contributed by atoms with Gasteiger partial charge in [-0.3, -0.25) is 4.79 Å². The zero-order valence-electron chi connectivity index (χ0n) is 15.9. The summed E-state index contributed by atoms with van der Waals surface area (Å²) < 4.78 is 11.4. The lowest BCUT2D eigenvalue weighted by molar-refractivity contribution is 0.0570. The third-order valence-electron chi connectivity index (χ3n) is 5.00. The number of fused-ring (bicyclic) bond motifs is 1. The maximum absolute atomic E-state index is 12.9. The largest absolute Gasteiger partial charge is 0.450 e. The molecule has 0 aliphatic carbocycles. The van der Waals surface area contributed by atoms with Crippen LogP contribution in [0.3, 0.4) is 0 Å². The van der Waals surface area contributed by atoms with E-state index in [1.807, 2.05) is 18.2 Å². The van der Waals surface area contributed by atoms with Crippen LogP contribution < -0.4 is 4.90 Å². The number of carbonyl (C=O) groups is 2. The number of thiazole rings is 1. The molecule has 8 nitrogen and oxygen atoms in total. The second-order valence-corrected chi connectivity index (χ2v) is 7.77. The number of benzene rings is 1. The summed E-state index contributed by atoms with van der Waals surface area (Å²) in [6.45, 7) is 7.29. The molecule has 2 amide bonds. The Morgan fingerprint density at radius 2 is 1.82 bits per heavy atom. The molecule has 1 aromatic carbocycles. The lowest BCUT2D eigenvalue weighted by Gasteiger charge is -2.34. The number of morpholine rings is 1. The lowest BCUT2D eigenvalue weighted by atomic mass is 10.1. The Morgan fingerprint density at radius 3 is 2.54 bits per heavy atom. The first-order valence-corrected chi connectivity index (χ1v) is 10.4. The summed E-state index contributed by atoms with van der Waals surface area (Å²) in [5, 5.41) is 0.978. The number of hydrogen-bond donors (Lipinski definition) is 0. The van der Waals surface area contributed by atoms with Crippen molar-refractivity contribution in [2.45, 2.75) is 6.92 Å². The number of aromatic nitrogens is 1. The van der Waals surface area contributed by atoms with Crippen molar-refractivity contribution in [2.24, 2.45) is 0 Å². The van der Waals surface area contributed by atoms with Gasteiger partial charge in [0.1, 0.15) is 0 Å². The third kappa shape index (κ3) is 3.90. The molecule has 2 aromatic rings. The number of anilines is 1. The molecule has 2 aliphatic rings. The quantitative estimate of drug-likeness (QED) is 0.779. The number of rotatable bonds is 3. The first-order valence-electron chi connectivity index (χ1n) is 9.60. The van der Waals surface area contributed by atoms with E-state index in [2.05, 4.69) is 4.90 Å². The summed E-state index contributed by atoms with van der Waals surface area (Å²) in [6.07, 6.45) is -0.309. The molecule has 4 rings (SSSR count). The predicted molar refractivity (Wildman–Crippen MR) is 107 cm³/mol. The van der Waals surface area contributed by atoms with Gasteiger partial charge in [-0.25, -0.2) is 9.78 Å². The molecule has 0 spiro atoms. The molecule has 28 heavy (non-hydrogen) atoms. The standard InChI is InChI=1S/C19H24N4O4S/c1-2-27-19(25)23-7-5-21(6-8-23)17(24)14-3-4-15-16(13-14)28-18(20-15)22-9-11-26-12-10-22/h3-4,13H,2,5-12H2,1H3. The Balaban J connectivity index is 1.44. The maximum Gasteiger partial charge on any atom is 0.409 e. The molecule has 0 saturated carbocycles. The minimum absolute atomic E-state index is 0.00766. The van der Waals surface area contributed by atoms with E-state index < -0.39 is 0 Å². The van der Waals surface area contributed by atoms with Crippen LogP contribution in [0.25, 0.3) is 10.2 Å². The van der Waals surface area contributed by atoms with Crippen LogP contribution in [0, 0.1) is 0 Å². The van der Waals surface area contributed by atoms with Crippen LogP contribution in [-0.4, -0.2) is 85.9 Å². The molecular weight excluding hydrogens is 380 g/mol. The monoisotopic (exact) mass is 404 g/mol. The van der Waals surface area contributed by atoms with Crippen molar-refractivity contribution < 1.29 is 19.1 Å². The van der Waals surface area contributed by atoms with Gasteiger partial charge in [-0.15, -0.1) is 0 Å². The molecule has 0 bridgehead atoms. The fourth-order valence-electron chi connectivity index (χ4n) is 3.42. The average molecular weight is 404 g/mol. The number of carbonyl (C=O) groups excluding carboxylic acids is 2. The van der Waals surface area contributed by atoms with E-state index in [1.54, 1.807) is 28.1 Å². The van der Waals surface area contributed by atoms with Crippen molar-refractivity contribution in [2.75, 3.05) is 64.0 Å². The van der Waals surface area contributed by atoms with E-state index in [4.69, 9.17) is 14.5 Å². The highest BCUT2D eigenvalue weighted by atomic mass is 32.1. The highest BCUT2D eigenvalue weighted by Gasteiger charge is 2.26. The molecule has 1 aromatic heterocycles. The first kappa shape index (κ1) is 18.9. The highest BCUT2D eigenvalue weighted by Crippen LogP contribution is 2.30. The molecule has 0 unspecified atom stereocenters. The van der Waals surface area contributed by atoms with Crippen molar-refractivity contribution in [3.8, 4) is 0 Å². The molecule has 2 fully saturated rings. The molecule has 150 valence electrons. The summed E-state index contributed by atoms with van der Waals surface area (Å²) in [5.74, 6) is -0.00766. The van der Waals surface area contributed by atoms with Gasteiger partial charge in [-0.05, 0) is 25.1 Å². The van der Waals surface area contributed by atoms with Crippen molar-refractivity contribution >= 4 is 38.7 Å². The van der Waals surface area contributed by atoms with Crippen LogP contribution in [0.1, 0.15) is 17.3 Å². The molecule has 0 N–H and O–H groups in total. The summed E-state index contributed by atoms with van der Waals surface area (Å²) >= 11 is 1.61. The number of piperazine rings is 1. The van der Waals surface area contributed by atoms with Gasteiger partial charge >= 0.3 is 6.09 Å².